The van der Waals surface area contributed by atoms with Gasteiger partial charge in [0.15, 0.2) is 0 Å². The minimum absolute atomic E-state index is 0.00776. The Morgan fingerprint density at radius 3 is 2.25 bits per heavy atom. The first-order chi connectivity index (χ1) is 9.56. The van der Waals surface area contributed by atoms with Crippen molar-refractivity contribution < 1.29 is 19.1 Å². The first kappa shape index (κ1) is 18.4. The minimum atomic E-state index is -0.222. The summed E-state index contributed by atoms with van der Waals surface area (Å²) in [4.78, 5) is 33.1. The highest BCUT2D eigenvalue weighted by molar-refractivity contribution is 5.76. The maximum absolute atomic E-state index is 11.5. The predicted molar refractivity (Wildman–Crippen MR) is 76.0 cm³/mol. The molecule has 0 bridgehead atoms. The second-order valence-electron chi connectivity index (χ2n) is 4.55. The maximum atomic E-state index is 11.5. The Labute approximate surface area is 120 Å². The number of carbonyl (C=O) groups is 3. The number of amides is 2. The van der Waals surface area contributed by atoms with E-state index in [-0.39, 0.29) is 17.8 Å². The van der Waals surface area contributed by atoms with E-state index in [4.69, 9.17) is 4.74 Å². The van der Waals surface area contributed by atoms with E-state index >= 15 is 0 Å². The van der Waals surface area contributed by atoms with Crippen molar-refractivity contribution in [1.82, 2.24) is 10.6 Å². The topological polar surface area (TPSA) is 84.5 Å². The van der Waals surface area contributed by atoms with Crippen LogP contribution < -0.4 is 10.6 Å². The summed E-state index contributed by atoms with van der Waals surface area (Å²) >= 11 is 0. The van der Waals surface area contributed by atoms with Crippen LogP contribution in [0, 0.1) is 0 Å². The number of ether oxygens (including phenoxy) is 1. The average Bonchev–Trinajstić information content (AvgIpc) is 2.39. The van der Waals surface area contributed by atoms with Gasteiger partial charge < -0.3 is 15.4 Å². The number of carbonyl (C=O) groups excluding carboxylic acids is 3. The van der Waals surface area contributed by atoms with Crippen LogP contribution in [0.2, 0.25) is 0 Å². The number of rotatable bonds is 11. The summed E-state index contributed by atoms with van der Waals surface area (Å²) in [5, 5.41) is 5.49. The average molecular weight is 286 g/mol. The van der Waals surface area contributed by atoms with Crippen molar-refractivity contribution in [3.05, 3.63) is 0 Å². The molecule has 6 heteroatoms. The van der Waals surface area contributed by atoms with Gasteiger partial charge in [0, 0.05) is 32.9 Å². The molecular weight excluding hydrogens is 260 g/mol. The molecule has 0 aromatic carbocycles. The molecule has 0 spiro atoms. The van der Waals surface area contributed by atoms with Gasteiger partial charge in [-0.1, -0.05) is 6.42 Å². The fraction of sp³-hybridized carbons (Fsp3) is 0.786. The van der Waals surface area contributed by atoms with E-state index in [0.717, 1.165) is 19.3 Å². The van der Waals surface area contributed by atoms with Crippen molar-refractivity contribution >= 4 is 17.8 Å². The summed E-state index contributed by atoms with van der Waals surface area (Å²) < 4.78 is 4.79. The molecule has 0 aliphatic heterocycles. The normalized spacial score (nSPS) is 9.90. The monoisotopic (exact) mass is 286 g/mol. The number of nitrogens with one attached hydrogen (secondary N) is 2. The molecule has 6 nitrogen and oxygen atoms in total. The van der Waals surface area contributed by atoms with Crippen LogP contribution in [0.1, 0.15) is 52.4 Å². The molecule has 0 aromatic rings. The Kier molecular flexibility index (Phi) is 11.5. The lowest BCUT2D eigenvalue weighted by Gasteiger charge is -2.05. The Hall–Kier alpha value is -1.59. The molecule has 0 aliphatic carbocycles. The predicted octanol–water partition coefficient (Wildman–Crippen LogP) is 1.14. The largest absolute Gasteiger partial charge is 0.466 e. The molecule has 2 amide bonds. The van der Waals surface area contributed by atoms with Gasteiger partial charge >= 0.3 is 5.97 Å². The van der Waals surface area contributed by atoms with Crippen molar-refractivity contribution in [2.24, 2.45) is 0 Å². The summed E-state index contributed by atoms with van der Waals surface area (Å²) in [5.74, 6) is -0.238. The highest BCUT2D eigenvalue weighted by atomic mass is 16.5. The SMILES string of the molecule is CCOC(=O)CCCNC(=O)CCCCCNC(C)=O. The molecule has 20 heavy (non-hydrogen) atoms. The molecule has 0 fully saturated rings. The number of esters is 1. The standard InChI is InChI=1S/C14H26N2O4/c1-3-20-14(19)9-7-11-16-13(18)8-5-4-6-10-15-12(2)17/h3-11H2,1-2H3,(H,15,17)(H,16,18). The van der Waals surface area contributed by atoms with Gasteiger partial charge in [-0.25, -0.2) is 0 Å². The molecule has 0 unspecified atom stereocenters. The van der Waals surface area contributed by atoms with Gasteiger partial charge in [-0.3, -0.25) is 14.4 Å². The van der Waals surface area contributed by atoms with Crippen LogP contribution in [-0.2, 0) is 19.1 Å². The van der Waals surface area contributed by atoms with Crippen molar-refractivity contribution in [2.75, 3.05) is 19.7 Å². The molecule has 0 aromatic heterocycles. The van der Waals surface area contributed by atoms with Crippen molar-refractivity contribution in [3.8, 4) is 0 Å². The summed E-state index contributed by atoms with van der Waals surface area (Å²) in [6, 6.07) is 0. The van der Waals surface area contributed by atoms with Crippen molar-refractivity contribution in [2.45, 2.75) is 52.4 Å². The highest BCUT2D eigenvalue weighted by Crippen LogP contribution is 1.99. The van der Waals surface area contributed by atoms with Gasteiger partial charge in [0.25, 0.3) is 0 Å². The van der Waals surface area contributed by atoms with Crippen LogP contribution in [0.3, 0.4) is 0 Å². The van der Waals surface area contributed by atoms with Crippen LogP contribution >= 0.6 is 0 Å². The summed E-state index contributed by atoms with van der Waals surface area (Å²) in [6.07, 6.45) is 4.03. The number of hydrogen-bond acceptors (Lipinski definition) is 4. The van der Waals surface area contributed by atoms with Crippen LogP contribution in [0.15, 0.2) is 0 Å². The van der Waals surface area contributed by atoms with Gasteiger partial charge in [-0.2, -0.15) is 0 Å². The fourth-order valence-corrected chi connectivity index (χ4v) is 1.63. The molecule has 0 aliphatic rings. The lowest BCUT2D eigenvalue weighted by atomic mass is 10.2. The van der Waals surface area contributed by atoms with E-state index in [0.29, 0.717) is 39.0 Å². The van der Waals surface area contributed by atoms with E-state index in [1.54, 1.807) is 6.92 Å². The third-order valence-electron chi connectivity index (χ3n) is 2.64. The molecule has 116 valence electrons. The Balaban J connectivity index is 3.33. The van der Waals surface area contributed by atoms with Crippen LogP contribution in [0.5, 0.6) is 0 Å². The second-order valence-corrected chi connectivity index (χ2v) is 4.55. The van der Waals surface area contributed by atoms with Crippen LogP contribution in [0.4, 0.5) is 0 Å². The molecule has 0 atom stereocenters. The van der Waals surface area contributed by atoms with Gasteiger partial charge in [0.2, 0.25) is 11.8 Å². The van der Waals surface area contributed by atoms with E-state index in [2.05, 4.69) is 10.6 Å². The zero-order chi connectivity index (χ0) is 15.2. The Morgan fingerprint density at radius 1 is 0.900 bits per heavy atom. The maximum Gasteiger partial charge on any atom is 0.305 e. The third kappa shape index (κ3) is 12.9. The van der Waals surface area contributed by atoms with Gasteiger partial charge in [0.05, 0.1) is 6.61 Å². The summed E-state index contributed by atoms with van der Waals surface area (Å²) in [5.41, 5.74) is 0. The fourth-order valence-electron chi connectivity index (χ4n) is 1.63. The zero-order valence-electron chi connectivity index (χ0n) is 12.5. The molecule has 0 radical (unpaired) electrons. The summed E-state index contributed by atoms with van der Waals surface area (Å²) in [6.45, 7) is 4.82. The van der Waals surface area contributed by atoms with Crippen LogP contribution in [0.25, 0.3) is 0 Å². The van der Waals surface area contributed by atoms with Gasteiger partial charge in [0.1, 0.15) is 0 Å². The smallest absolute Gasteiger partial charge is 0.305 e. The molecular formula is C14H26N2O4. The molecule has 0 heterocycles. The lowest BCUT2D eigenvalue weighted by molar-refractivity contribution is -0.143. The van der Waals surface area contributed by atoms with E-state index in [9.17, 15) is 14.4 Å². The zero-order valence-corrected chi connectivity index (χ0v) is 12.5. The van der Waals surface area contributed by atoms with Gasteiger partial charge in [-0.15, -0.1) is 0 Å². The van der Waals surface area contributed by atoms with E-state index < -0.39 is 0 Å². The van der Waals surface area contributed by atoms with E-state index in [1.807, 2.05) is 0 Å². The lowest BCUT2D eigenvalue weighted by Crippen LogP contribution is -2.25. The van der Waals surface area contributed by atoms with Crippen LogP contribution in [-0.4, -0.2) is 37.5 Å². The molecule has 0 saturated heterocycles. The number of unbranched alkanes of at least 4 members (excludes halogenated alkanes) is 2. The van der Waals surface area contributed by atoms with E-state index in [1.165, 1.54) is 6.92 Å². The van der Waals surface area contributed by atoms with Crippen molar-refractivity contribution in [1.29, 1.82) is 0 Å². The highest BCUT2D eigenvalue weighted by Gasteiger charge is 2.03. The second kappa shape index (κ2) is 12.4. The third-order valence-corrected chi connectivity index (χ3v) is 2.64. The first-order valence-corrected chi connectivity index (χ1v) is 7.23. The Morgan fingerprint density at radius 2 is 1.60 bits per heavy atom. The van der Waals surface area contributed by atoms with Crippen molar-refractivity contribution in [3.63, 3.8) is 0 Å². The molecule has 0 rings (SSSR count). The van der Waals surface area contributed by atoms with Gasteiger partial charge in [-0.05, 0) is 26.2 Å². The Bertz CT molecular complexity index is 306. The quantitative estimate of drug-likeness (QED) is 0.440. The summed E-state index contributed by atoms with van der Waals surface area (Å²) in [7, 11) is 0. The first-order valence-electron chi connectivity index (χ1n) is 7.23. The molecule has 2 N–H and O–H groups in total. The number of hydrogen-bond donors (Lipinski definition) is 2. The molecule has 0 saturated carbocycles. The minimum Gasteiger partial charge on any atom is -0.466 e.